The molecule has 1 aliphatic rings. The van der Waals surface area contributed by atoms with Crippen LogP contribution in [0.2, 0.25) is 0 Å². The number of halogens is 1. The predicted molar refractivity (Wildman–Crippen MR) is 70.2 cm³/mol. The number of sulfonamides is 1. The molecule has 0 aromatic heterocycles. The molecule has 0 aliphatic carbocycles. The van der Waals surface area contributed by atoms with Crippen molar-refractivity contribution in [2.45, 2.75) is 17.7 Å². The number of aliphatic carboxylic acids is 1. The number of hydrogen-bond donors (Lipinski definition) is 1. The Morgan fingerprint density at radius 2 is 2.19 bits per heavy atom. The largest absolute Gasteiger partial charge is 0.481 e. The number of carboxylic acids is 1. The Bertz CT molecular complexity index is 711. The summed E-state index contributed by atoms with van der Waals surface area (Å²) in [6, 6.07) is 4.55. The Hall–Kier alpha value is -1.98. The van der Waals surface area contributed by atoms with E-state index in [0.717, 1.165) is 22.5 Å². The van der Waals surface area contributed by atoms with Crippen molar-refractivity contribution in [1.29, 1.82) is 5.26 Å². The molecule has 2 rings (SSSR count). The highest BCUT2D eigenvalue weighted by Crippen LogP contribution is 2.25. The first-order chi connectivity index (χ1) is 9.86. The first-order valence-electron chi connectivity index (χ1n) is 6.29. The van der Waals surface area contributed by atoms with Gasteiger partial charge in [-0.1, -0.05) is 0 Å². The Morgan fingerprint density at radius 3 is 2.81 bits per heavy atom. The monoisotopic (exact) mass is 312 g/mol. The minimum atomic E-state index is -3.93. The van der Waals surface area contributed by atoms with Gasteiger partial charge in [0.15, 0.2) is 0 Å². The normalized spacial score (nSPS) is 19.9. The maximum absolute atomic E-state index is 13.3. The number of nitriles is 1. The molecule has 6 nitrogen and oxygen atoms in total. The van der Waals surface area contributed by atoms with Gasteiger partial charge in [0.05, 0.1) is 16.4 Å². The van der Waals surface area contributed by atoms with Crippen LogP contribution in [0.3, 0.4) is 0 Å². The molecule has 1 aliphatic heterocycles. The molecule has 0 saturated carbocycles. The lowest BCUT2D eigenvalue weighted by molar-refractivity contribution is -0.142. The van der Waals surface area contributed by atoms with E-state index < -0.39 is 27.7 Å². The van der Waals surface area contributed by atoms with E-state index in [1.54, 1.807) is 6.07 Å². The molecule has 8 heteroatoms. The Labute approximate surface area is 121 Å². The van der Waals surface area contributed by atoms with Crippen LogP contribution in [-0.2, 0) is 14.8 Å². The van der Waals surface area contributed by atoms with Crippen molar-refractivity contribution in [3.8, 4) is 6.07 Å². The summed E-state index contributed by atoms with van der Waals surface area (Å²) in [5, 5.41) is 17.8. The molecule has 1 atom stereocenters. The molecule has 0 amide bonds. The molecule has 1 aromatic rings. The lowest BCUT2D eigenvalue weighted by atomic mass is 10.0. The lowest BCUT2D eigenvalue weighted by Gasteiger charge is -2.29. The number of carbonyl (C=O) groups is 1. The second-order valence-corrected chi connectivity index (χ2v) is 6.73. The van der Waals surface area contributed by atoms with Gasteiger partial charge >= 0.3 is 5.97 Å². The van der Waals surface area contributed by atoms with Gasteiger partial charge in [0.2, 0.25) is 10.0 Å². The van der Waals surface area contributed by atoms with Crippen LogP contribution in [0.15, 0.2) is 23.1 Å². The first kappa shape index (κ1) is 15.4. The molecule has 1 N–H and O–H groups in total. The van der Waals surface area contributed by atoms with E-state index >= 15 is 0 Å². The molecule has 0 bridgehead atoms. The van der Waals surface area contributed by atoms with Crippen molar-refractivity contribution < 1.29 is 22.7 Å². The van der Waals surface area contributed by atoms with E-state index in [0.29, 0.717) is 12.8 Å². The van der Waals surface area contributed by atoms with E-state index in [9.17, 15) is 17.6 Å². The molecule has 1 heterocycles. The third kappa shape index (κ3) is 3.04. The van der Waals surface area contributed by atoms with Crippen molar-refractivity contribution in [3.05, 3.63) is 29.6 Å². The number of nitrogens with zero attached hydrogens (tertiary/aromatic N) is 2. The number of rotatable bonds is 3. The molecule has 1 fully saturated rings. The fraction of sp³-hybridized carbons (Fsp3) is 0.385. The molecule has 0 spiro atoms. The van der Waals surface area contributed by atoms with Crippen LogP contribution in [0.4, 0.5) is 4.39 Å². The summed E-state index contributed by atoms with van der Waals surface area (Å²) >= 11 is 0. The van der Waals surface area contributed by atoms with Gasteiger partial charge in [0.25, 0.3) is 0 Å². The fourth-order valence-electron chi connectivity index (χ4n) is 2.26. The van der Waals surface area contributed by atoms with Crippen LogP contribution in [0.25, 0.3) is 0 Å². The van der Waals surface area contributed by atoms with Crippen LogP contribution in [0, 0.1) is 23.1 Å². The van der Waals surface area contributed by atoms with Gasteiger partial charge in [-0.25, -0.2) is 12.8 Å². The van der Waals surface area contributed by atoms with Gasteiger partial charge in [-0.3, -0.25) is 4.79 Å². The van der Waals surface area contributed by atoms with Crippen molar-refractivity contribution in [2.24, 2.45) is 5.92 Å². The first-order valence-corrected chi connectivity index (χ1v) is 7.73. The molecular weight excluding hydrogens is 299 g/mol. The third-order valence-corrected chi connectivity index (χ3v) is 5.29. The molecule has 1 unspecified atom stereocenters. The van der Waals surface area contributed by atoms with Crippen LogP contribution in [0.1, 0.15) is 18.4 Å². The fourth-order valence-corrected chi connectivity index (χ4v) is 3.81. The molecule has 1 aromatic carbocycles. The van der Waals surface area contributed by atoms with E-state index in [1.165, 1.54) is 0 Å². The Morgan fingerprint density at radius 1 is 1.48 bits per heavy atom. The number of benzene rings is 1. The number of carboxylic acid groups (broad SMARTS) is 1. The van der Waals surface area contributed by atoms with Crippen molar-refractivity contribution in [1.82, 2.24) is 4.31 Å². The van der Waals surface area contributed by atoms with Crippen LogP contribution >= 0.6 is 0 Å². The third-order valence-electron chi connectivity index (χ3n) is 3.43. The highest BCUT2D eigenvalue weighted by molar-refractivity contribution is 7.89. The quantitative estimate of drug-likeness (QED) is 0.903. The van der Waals surface area contributed by atoms with Crippen molar-refractivity contribution in [3.63, 3.8) is 0 Å². The summed E-state index contributed by atoms with van der Waals surface area (Å²) in [5.74, 6) is -2.57. The van der Waals surface area contributed by atoms with E-state index in [2.05, 4.69) is 0 Å². The van der Waals surface area contributed by atoms with Gasteiger partial charge in [-0.2, -0.15) is 9.57 Å². The number of hydrogen-bond acceptors (Lipinski definition) is 4. The maximum Gasteiger partial charge on any atom is 0.307 e. The van der Waals surface area contributed by atoms with Gasteiger partial charge in [0, 0.05) is 13.1 Å². The lowest BCUT2D eigenvalue weighted by Crippen LogP contribution is -2.42. The highest BCUT2D eigenvalue weighted by atomic mass is 32.2. The summed E-state index contributed by atoms with van der Waals surface area (Å²) in [4.78, 5) is 10.8. The average molecular weight is 312 g/mol. The molecular formula is C13H13FN2O4S. The van der Waals surface area contributed by atoms with E-state index in [1.807, 2.05) is 0 Å². The van der Waals surface area contributed by atoms with Crippen LogP contribution in [-0.4, -0.2) is 36.9 Å². The minimum Gasteiger partial charge on any atom is -0.481 e. The summed E-state index contributed by atoms with van der Waals surface area (Å²) in [6.45, 7) is 0.0995. The second kappa shape index (κ2) is 5.79. The summed E-state index contributed by atoms with van der Waals surface area (Å²) in [7, 11) is -3.93. The SMILES string of the molecule is N#Cc1cc(S(=O)(=O)N2CCCC(C(=O)O)C2)ccc1F. The maximum atomic E-state index is 13.3. The van der Waals surface area contributed by atoms with E-state index in [-0.39, 0.29) is 23.5 Å². The van der Waals surface area contributed by atoms with Gasteiger partial charge in [-0.05, 0) is 31.0 Å². The molecule has 0 radical (unpaired) electrons. The standard InChI is InChI=1S/C13H13FN2O4S/c14-12-4-3-11(6-10(12)7-15)21(19,20)16-5-1-2-9(8-16)13(17)18/h3-4,6,9H,1-2,5,8H2,(H,17,18). The molecule has 1 saturated heterocycles. The minimum absolute atomic E-state index is 0.114. The topological polar surface area (TPSA) is 98.5 Å². The molecule has 112 valence electrons. The summed E-state index contributed by atoms with van der Waals surface area (Å²) in [6.07, 6.45) is 0.872. The average Bonchev–Trinajstić information content (AvgIpc) is 2.47. The summed E-state index contributed by atoms with van der Waals surface area (Å²) in [5.41, 5.74) is -0.358. The Balaban J connectivity index is 2.34. The zero-order chi connectivity index (χ0) is 15.6. The second-order valence-electron chi connectivity index (χ2n) is 4.79. The van der Waals surface area contributed by atoms with E-state index in [4.69, 9.17) is 10.4 Å². The highest BCUT2D eigenvalue weighted by Gasteiger charge is 2.33. The molecule has 21 heavy (non-hydrogen) atoms. The van der Waals surface area contributed by atoms with Crippen molar-refractivity contribution >= 4 is 16.0 Å². The van der Waals surface area contributed by atoms with Crippen LogP contribution < -0.4 is 0 Å². The van der Waals surface area contributed by atoms with Gasteiger partial charge < -0.3 is 5.11 Å². The van der Waals surface area contributed by atoms with Gasteiger partial charge in [-0.15, -0.1) is 0 Å². The Kier molecular flexibility index (Phi) is 4.25. The van der Waals surface area contributed by atoms with Gasteiger partial charge in [0.1, 0.15) is 11.9 Å². The zero-order valence-corrected chi connectivity index (χ0v) is 11.8. The predicted octanol–water partition coefficient (Wildman–Crippen LogP) is 1.18. The van der Waals surface area contributed by atoms with Crippen LogP contribution in [0.5, 0.6) is 0 Å². The smallest absolute Gasteiger partial charge is 0.307 e. The van der Waals surface area contributed by atoms with Crippen molar-refractivity contribution in [2.75, 3.05) is 13.1 Å². The summed E-state index contributed by atoms with van der Waals surface area (Å²) < 4.78 is 39.2. The zero-order valence-electron chi connectivity index (χ0n) is 11.0. The number of piperidine rings is 1.